The van der Waals surface area contributed by atoms with Crippen molar-refractivity contribution in [3.05, 3.63) is 35.9 Å². The van der Waals surface area contributed by atoms with Crippen LogP contribution in [0.5, 0.6) is 0 Å². The number of hydrogen-bond donors (Lipinski definition) is 2. The molecule has 0 fully saturated rings. The number of hydrogen-bond acceptors (Lipinski definition) is 3. The quantitative estimate of drug-likeness (QED) is 0.773. The average Bonchev–Trinajstić information content (AvgIpc) is 2.35. The van der Waals surface area contributed by atoms with Crippen LogP contribution < -0.4 is 10.0 Å². The Morgan fingerprint density at radius 3 is 2.42 bits per heavy atom. The summed E-state index contributed by atoms with van der Waals surface area (Å²) >= 11 is 0. The van der Waals surface area contributed by atoms with E-state index in [2.05, 4.69) is 10.0 Å². The molecule has 106 valence electrons. The van der Waals surface area contributed by atoms with E-state index < -0.39 is 10.0 Å². The van der Waals surface area contributed by atoms with Crippen molar-refractivity contribution in [3.63, 3.8) is 0 Å². The number of carbonyl (C=O) groups is 1. The van der Waals surface area contributed by atoms with E-state index in [1.165, 1.54) is 0 Å². The van der Waals surface area contributed by atoms with Crippen molar-refractivity contribution in [2.24, 2.45) is 0 Å². The predicted octanol–water partition coefficient (Wildman–Crippen LogP) is 0.673. The Kier molecular flexibility index (Phi) is 5.98. The van der Waals surface area contributed by atoms with Crippen molar-refractivity contribution in [1.29, 1.82) is 0 Å². The molecule has 19 heavy (non-hydrogen) atoms. The first-order valence-corrected chi connectivity index (χ1v) is 7.85. The summed E-state index contributed by atoms with van der Waals surface area (Å²) in [7, 11) is -3.42. The van der Waals surface area contributed by atoms with Crippen molar-refractivity contribution in [2.45, 2.75) is 26.3 Å². The fraction of sp³-hybridized carbons (Fsp3) is 0.462. The maximum atomic E-state index is 11.7. The van der Waals surface area contributed by atoms with Gasteiger partial charge in [-0.3, -0.25) is 4.79 Å². The third-order valence-electron chi connectivity index (χ3n) is 2.40. The second kappa shape index (κ2) is 7.25. The lowest BCUT2D eigenvalue weighted by atomic mass is 10.2. The molecule has 0 aliphatic heterocycles. The minimum absolute atomic E-state index is 0.00122. The van der Waals surface area contributed by atoms with Crippen LogP contribution >= 0.6 is 0 Å². The number of carbonyl (C=O) groups excluding carboxylic acids is 1. The van der Waals surface area contributed by atoms with Crippen molar-refractivity contribution < 1.29 is 13.2 Å². The number of aryl methyl sites for hydroxylation is 1. The highest BCUT2D eigenvalue weighted by atomic mass is 32.2. The van der Waals surface area contributed by atoms with Gasteiger partial charge in [-0.25, -0.2) is 13.1 Å². The van der Waals surface area contributed by atoms with Crippen molar-refractivity contribution in [2.75, 3.05) is 12.3 Å². The summed E-state index contributed by atoms with van der Waals surface area (Å²) in [6, 6.07) is 9.37. The molecule has 0 aliphatic rings. The summed E-state index contributed by atoms with van der Waals surface area (Å²) in [4.78, 5) is 11.3. The number of amides is 1. The van der Waals surface area contributed by atoms with Gasteiger partial charge in [0, 0.05) is 6.04 Å². The van der Waals surface area contributed by atoms with E-state index in [4.69, 9.17) is 0 Å². The van der Waals surface area contributed by atoms with Gasteiger partial charge in [0.1, 0.15) is 0 Å². The van der Waals surface area contributed by atoms with Crippen LogP contribution in [0.15, 0.2) is 30.3 Å². The molecule has 6 heteroatoms. The van der Waals surface area contributed by atoms with E-state index in [1.807, 2.05) is 44.2 Å². The molecule has 0 atom stereocenters. The van der Waals surface area contributed by atoms with E-state index in [9.17, 15) is 13.2 Å². The Balaban J connectivity index is 2.38. The minimum atomic E-state index is -3.42. The van der Waals surface area contributed by atoms with Gasteiger partial charge >= 0.3 is 0 Å². The van der Waals surface area contributed by atoms with Gasteiger partial charge in [0.2, 0.25) is 15.9 Å². The molecule has 1 amide bonds. The number of rotatable bonds is 7. The Hall–Kier alpha value is -1.40. The third kappa shape index (κ3) is 6.93. The molecule has 0 saturated heterocycles. The van der Waals surface area contributed by atoms with E-state index in [1.54, 1.807) is 0 Å². The van der Waals surface area contributed by atoms with Crippen molar-refractivity contribution in [3.8, 4) is 0 Å². The minimum Gasteiger partial charge on any atom is -0.353 e. The largest absolute Gasteiger partial charge is 0.353 e. The van der Waals surface area contributed by atoms with E-state index in [0.717, 1.165) is 5.56 Å². The highest BCUT2D eigenvalue weighted by molar-refractivity contribution is 7.89. The van der Waals surface area contributed by atoms with Crippen molar-refractivity contribution in [1.82, 2.24) is 10.0 Å². The summed E-state index contributed by atoms with van der Waals surface area (Å²) < 4.78 is 25.7. The van der Waals surface area contributed by atoms with Gasteiger partial charge in [-0.1, -0.05) is 30.3 Å². The highest BCUT2D eigenvalue weighted by Gasteiger charge is 2.12. The fourth-order valence-corrected chi connectivity index (χ4v) is 2.52. The molecule has 0 aliphatic carbocycles. The zero-order valence-electron chi connectivity index (χ0n) is 11.2. The lowest BCUT2D eigenvalue weighted by molar-refractivity contribution is -0.120. The normalized spacial score (nSPS) is 11.5. The molecule has 1 aromatic carbocycles. The first-order chi connectivity index (χ1) is 8.89. The van der Waals surface area contributed by atoms with Crippen LogP contribution in [0.4, 0.5) is 0 Å². The van der Waals surface area contributed by atoms with Crippen LogP contribution in [-0.2, 0) is 21.2 Å². The van der Waals surface area contributed by atoms with Gasteiger partial charge in [0.05, 0.1) is 12.3 Å². The average molecular weight is 284 g/mol. The number of nitrogens with one attached hydrogen (secondary N) is 2. The van der Waals surface area contributed by atoms with Gasteiger partial charge in [-0.15, -0.1) is 0 Å². The van der Waals surface area contributed by atoms with E-state index in [-0.39, 0.29) is 24.2 Å². The zero-order chi connectivity index (χ0) is 14.3. The fourth-order valence-electron chi connectivity index (χ4n) is 1.52. The molecular formula is C13H20N2O3S. The van der Waals surface area contributed by atoms with Crippen LogP contribution in [0.1, 0.15) is 19.4 Å². The molecule has 0 saturated carbocycles. The Morgan fingerprint density at radius 1 is 1.21 bits per heavy atom. The molecule has 0 spiro atoms. The van der Waals surface area contributed by atoms with Crippen LogP contribution in [0.3, 0.4) is 0 Å². The highest BCUT2D eigenvalue weighted by Crippen LogP contribution is 2.01. The van der Waals surface area contributed by atoms with E-state index in [0.29, 0.717) is 6.42 Å². The Labute approximate surface area is 114 Å². The van der Waals surface area contributed by atoms with Crippen LogP contribution in [0, 0.1) is 0 Å². The summed E-state index contributed by atoms with van der Waals surface area (Å²) in [6.07, 6.45) is 0.433. The van der Waals surface area contributed by atoms with Gasteiger partial charge < -0.3 is 5.32 Å². The standard InChI is InChI=1S/C13H20N2O3S/c1-11(2)15-13(16)10-14-19(17,18)9-8-12-6-4-3-5-7-12/h3-7,11,14H,8-10H2,1-2H3,(H,15,16). The van der Waals surface area contributed by atoms with Crippen LogP contribution in [-0.4, -0.2) is 32.7 Å². The second-order valence-corrected chi connectivity index (χ2v) is 6.52. The van der Waals surface area contributed by atoms with Gasteiger partial charge in [0.15, 0.2) is 0 Å². The van der Waals surface area contributed by atoms with Gasteiger partial charge in [-0.05, 0) is 25.8 Å². The molecule has 0 bridgehead atoms. The summed E-state index contributed by atoms with van der Waals surface area (Å²) in [5, 5.41) is 2.62. The first-order valence-electron chi connectivity index (χ1n) is 6.19. The lowest BCUT2D eigenvalue weighted by Gasteiger charge is -2.09. The topological polar surface area (TPSA) is 75.3 Å². The molecular weight excluding hydrogens is 264 g/mol. The molecule has 1 aromatic rings. The summed E-state index contributed by atoms with van der Waals surface area (Å²) in [5.41, 5.74) is 0.958. The molecule has 2 N–H and O–H groups in total. The molecule has 0 unspecified atom stereocenters. The molecule has 5 nitrogen and oxygen atoms in total. The Bertz CT molecular complexity index is 498. The lowest BCUT2D eigenvalue weighted by Crippen LogP contribution is -2.40. The van der Waals surface area contributed by atoms with Crippen LogP contribution in [0.2, 0.25) is 0 Å². The molecule has 0 heterocycles. The number of benzene rings is 1. The SMILES string of the molecule is CC(C)NC(=O)CNS(=O)(=O)CCc1ccccc1. The second-order valence-electron chi connectivity index (χ2n) is 4.60. The maximum Gasteiger partial charge on any atom is 0.235 e. The zero-order valence-corrected chi connectivity index (χ0v) is 12.0. The molecule has 0 aromatic heterocycles. The molecule has 1 rings (SSSR count). The monoisotopic (exact) mass is 284 g/mol. The maximum absolute atomic E-state index is 11.7. The van der Waals surface area contributed by atoms with Gasteiger partial charge in [0.25, 0.3) is 0 Å². The third-order valence-corrected chi connectivity index (χ3v) is 3.73. The van der Waals surface area contributed by atoms with Gasteiger partial charge in [-0.2, -0.15) is 0 Å². The summed E-state index contributed by atoms with van der Waals surface area (Å²) in [5.74, 6) is -0.343. The predicted molar refractivity (Wildman–Crippen MR) is 75.2 cm³/mol. The van der Waals surface area contributed by atoms with Crippen LogP contribution in [0.25, 0.3) is 0 Å². The first kappa shape index (κ1) is 15.7. The number of sulfonamides is 1. The summed E-state index contributed by atoms with van der Waals surface area (Å²) in [6.45, 7) is 3.43. The van der Waals surface area contributed by atoms with Crippen molar-refractivity contribution >= 4 is 15.9 Å². The Morgan fingerprint density at radius 2 is 1.84 bits per heavy atom. The van der Waals surface area contributed by atoms with E-state index >= 15 is 0 Å². The smallest absolute Gasteiger partial charge is 0.235 e. The molecule has 0 radical (unpaired) electrons.